The van der Waals surface area contributed by atoms with Gasteiger partial charge in [0.25, 0.3) is 5.91 Å². The van der Waals surface area contributed by atoms with Crippen LogP contribution in [0.25, 0.3) is 0 Å². The van der Waals surface area contributed by atoms with Crippen LogP contribution in [-0.2, 0) is 6.42 Å². The van der Waals surface area contributed by atoms with Crippen LogP contribution in [0, 0.1) is 13.8 Å². The van der Waals surface area contributed by atoms with E-state index in [1.165, 1.54) is 5.56 Å². The summed E-state index contributed by atoms with van der Waals surface area (Å²) in [4.78, 5) is 21.1. The van der Waals surface area contributed by atoms with Crippen LogP contribution in [0.4, 0.5) is 11.6 Å². The summed E-state index contributed by atoms with van der Waals surface area (Å²) >= 11 is 5.98. The molecule has 0 radical (unpaired) electrons. The van der Waals surface area contributed by atoms with Crippen LogP contribution in [0.3, 0.4) is 0 Å². The van der Waals surface area contributed by atoms with Gasteiger partial charge < -0.3 is 10.6 Å². The van der Waals surface area contributed by atoms with Gasteiger partial charge in [-0.05, 0) is 56.2 Å². The van der Waals surface area contributed by atoms with E-state index in [0.29, 0.717) is 29.6 Å². The Bertz CT molecular complexity index is 941. The van der Waals surface area contributed by atoms with Gasteiger partial charge in [0.15, 0.2) is 0 Å². The fraction of sp³-hybridized carbons (Fsp3) is 0.190. The second-order valence-electron chi connectivity index (χ2n) is 6.35. The van der Waals surface area contributed by atoms with Crippen LogP contribution in [0.5, 0.6) is 0 Å². The molecule has 138 valence electrons. The molecule has 1 heterocycles. The Morgan fingerprint density at radius 2 is 1.81 bits per heavy atom. The number of aromatic nitrogens is 2. The number of nitrogens with one attached hydrogen (secondary N) is 2. The molecule has 5 nitrogen and oxygen atoms in total. The Morgan fingerprint density at radius 3 is 2.56 bits per heavy atom. The van der Waals surface area contributed by atoms with E-state index in [2.05, 4.69) is 20.6 Å². The monoisotopic (exact) mass is 380 g/mol. The summed E-state index contributed by atoms with van der Waals surface area (Å²) < 4.78 is 0. The zero-order valence-electron chi connectivity index (χ0n) is 15.3. The molecule has 6 heteroatoms. The third kappa shape index (κ3) is 5.53. The first kappa shape index (κ1) is 18.9. The van der Waals surface area contributed by atoms with Crippen LogP contribution in [-0.4, -0.2) is 22.4 Å². The molecule has 0 atom stereocenters. The number of carbonyl (C=O) groups excluding carboxylic acids is 1. The number of carbonyl (C=O) groups is 1. The van der Waals surface area contributed by atoms with Gasteiger partial charge in [0.1, 0.15) is 5.69 Å². The number of anilines is 2. The van der Waals surface area contributed by atoms with E-state index >= 15 is 0 Å². The van der Waals surface area contributed by atoms with Crippen molar-refractivity contribution in [2.75, 3.05) is 11.9 Å². The van der Waals surface area contributed by atoms with Gasteiger partial charge in [-0.1, -0.05) is 41.4 Å². The van der Waals surface area contributed by atoms with E-state index in [0.717, 1.165) is 16.9 Å². The summed E-state index contributed by atoms with van der Waals surface area (Å²) in [5, 5.41) is 6.72. The summed E-state index contributed by atoms with van der Waals surface area (Å²) in [5.74, 6) is 0.174. The molecule has 2 N–H and O–H groups in total. The third-order valence-corrected chi connectivity index (χ3v) is 4.22. The highest BCUT2D eigenvalue weighted by Crippen LogP contribution is 2.15. The van der Waals surface area contributed by atoms with Gasteiger partial charge in [-0.15, -0.1) is 0 Å². The van der Waals surface area contributed by atoms with Gasteiger partial charge in [0, 0.05) is 22.9 Å². The molecule has 0 aliphatic rings. The van der Waals surface area contributed by atoms with Crippen LogP contribution in [0.1, 0.15) is 27.3 Å². The molecule has 1 aromatic heterocycles. The Balaban J connectivity index is 1.64. The molecule has 0 aliphatic heterocycles. The fourth-order valence-corrected chi connectivity index (χ4v) is 2.82. The van der Waals surface area contributed by atoms with E-state index < -0.39 is 0 Å². The summed E-state index contributed by atoms with van der Waals surface area (Å²) in [6.45, 7) is 4.37. The Labute approximate surface area is 163 Å². The Hall–Kier alpha value is -2.92. The van der Waals surface area contributed by atoms with Crippen molar-refractivity contribution in [3.05, 3.63) is 82.1 Å². The van der Waals surface area contributed by atoms with Crippen molar-refractivity contribution in [3.8, 4) is 0 Å². The van der Waals surface area contributed by atoms with Crippen molar-refractivity contribution in [3.63, 3.8) is 0 Å². The molecule has 3 rings (SSSR count). The number of aryl methyl sites for hydroxylation is 2. The van der Waals surface area contributed by atoms with E-state index in [1.807, 2.05) is 62.4 Å². The minimum atomic E-state index is -0.227. The second-order valence-corrected chi connectivity index (χ2v) is 6.78. The largest absolute Gasteiger partial charge is 0.350 e. The maximum Gasteiger partial charge on any atom is 0.270 e. The predicted molar refractivity (Wildman–Crippen MR) is 109 cm³/mol. The molecule has 0 fully saturated rings. The van der Waals surface area contributed by atoms with Crippen LogP contribution >= 0.6 is 11.6 Å². The van der Waals surface area contributed by atoms with Gasteiger partial charge in [-0.25, -0.2) is 9.97 Å². The third-order valence-electron chi connectivity index (χ3n) is 3.98. The molecule has 0 aliphatic carbocycles. The first-order valence-corrected chi connectivity index (χ1v) is 9.09. The van der Waals surface area contributed by atoms with Crippen molar-refractivity contribution in [1.82, 2.24) is 15.3 Å². The molecule has 27 heavy (non-hydrogen) atoms. The molecule has 0 saturated carbocycles. The number of hydrogen-bond acceptors (Lipinski definition) is 4. The van der Waals surface area contributed by atoms with E-state index in [-0.39, 0.29) is 5.91 Å². The van der Waals surface area contributed by atoms with Gasteiger partial charge in [-0.2, -0.15) is 0 Å². The number of benzene rings is 2. The average molecular weight is 381 g/mol. The van der Waals surface area contributed by atoms with Gasteiger partial charge >= 0.3 is 0 Å². The molecule has 3 aromatic rings. The number of hydrogen-bond donors (Lipinski definition) is 2. The second kappa shape index (κ2) is 8.64. The minimum Gasteiger partial charge on any atom is -0.350 e. The molecule has 2 aromatic carbocycles. The van der Waals surface area contributed by atoms with Crippen molar-refractivity contribution in [2.24, 2.45) is 0 Å². The molecule has 0 unspecified atom stereocenters. The van der Waals surface area contributed by atoms with E-state index in [9.17, 15) is 4.79 Å². The highest BCUT2D eigenvalue weighted by molar-refractivity contribution is 6.30. The van der Waals surface area contributed by atoms with Gasteiger partial charge in [-0.3, -0.25) is 4.79 Å². The average Bonchev–Trinajstić information content (AvgIpc) is 2.63. The highest BCUT2D eigenvalue weighted by atomic mass is 35.5. The van der Waals surface area contributed by atoms with Crippen molar-refractivity contribution in [1.29, 1.82) is 0 Å². The number of rotatable bonds is 6. The molecular formula is C21H21ClN4O. The summed E-state index contributed by atoms with van der Waals surface area (Å²) in [6.07, 6.45) is 0.699. The maximum atomic E-state index is 12.4. The smallest absolute Gasteiger partial charge is 0.270 e. The lowest BCUT2D eigenvalue weighted by Crippen LogP contribution is -2.27. The standard InChI is InChI=1S/C21H21ClN4O/c1-14-6-8-18(9-7-14)25-21-24-15(2)12-19(26-21)20(27)23-11-10-16-4-3-5-17(22)13-16/h3-9,12-13H,10-11H2,1-2H3,(H,23,27)(H,24,25,26). The van der Waals surface area contributed by atoms with Crippen LogP contribution in [0.15, 0.2) is 54.6 Å². The lowest BCUT2D eigenvalue weighted by molar-refractivity contribution is 0.0949. The van der Waals surface area contributed by atoms with Gasteiger partial charge in [0.2, 0.25) is 5.95 Å². The maximum absolute atomic E-state index is 12.4. The van der Waals surface area contributed by atoms with Gasteiger partial charge in [0.05, 0.1) is 0 Å². The van der Waals surface area contributed by atoms with Crippen molar-refractivity contribution < 1.29 is 4.79 Å². The topological polar surface area (TPSA) is 66.9 Å². The SMILES string of the molecule is Cc1ccc(Nc2nc(C)cc(C(=O)NCCc3cccc(Cl)c3)n2)cc1. The van der Waals surface area contributed by atoms with E-state index in [4.69, 9.17) is 11.6 Å². The fourth-order valence-electron chi connectivity index (χ4n) is 2.61. The molecule has 1 amide bonds. The molecule has 0 bridgehead atoms. The van der Waals surface area contributed by atoms with Crippen LogP contribution < -0.4 is 10.6 Å². The predicted octanol–water partition coefficient (Wildman–Crippen LogP) is 4.46. The lowest BCUT2D eigenvalue weighted by atomic mass is 10.1. The summed E-state index contributed by atoms with van der Waals surface area (Å²) in [5.41, 5.74) is 4.18. The number of amides is 1. The summed E-state index contributed by atoms with van der Waals surface area (Å²) in [7, 11) is 0. The summed E-state index contributed by atoms with van der Waals surface area (Å²) in [6, 6.07) is 17.2. The Kier molecular flexibility index (Phi) is 6.04. The first-order chi connectivity index (χ1) is 13.0. The zero-order valence-corrected chi connectivity index (χ0v) is 16.0. The van der Waals surface area contributed by atoms with Crippen molar-refractivity contribution in [2.45, 2.75) is 20.3 Å². The van der Waals surface area contributed by atoms with Crippen LogP contribution in [0.2, 0.25) is 5.02 Å². The number of halogens is 1. The minimum absolute atomic E-state index is 0.227. The quantitative estimate of drug-likeness (QED) is 0.662. The first-order valence-electron chi connectivity index (χ1n) is 8.71. The van der Waals surface area contributed by atoms with E-state index in [1.54, 1.807) is 6.07 Å². The number of nitrogens with zero attached hydrogens (tertiary/aromatic N) is 2. The lowest BCUT2D eigenvalue weighted by Gasteiger charge is -2.09. The van der Waals surface area contributed by atoms with Crippen molar-refractivity contribution >= 4 is 29.1 Å². The molecular weight excluding hydrogens is 360 g/mol. The normalized spacial score (nSPS) is 10.5. The molecule has 0 saturated heterocycles. The molecule has 0 spiro atoms. The zero-order chi connectivity index (χ0) is 19.2. The highest BCUT2D eigenvalue weighted by Gasteiger charge is 2.10. The Morgan fingerprint density at radius 1 is 1.04 bits per heavy atom.